The first kappa shape index (κ1) is 25.4. The number of aromatic amines is 1. The van der Waals surface area contributed by atoms with Gasteiger partial charge in [0, 0.05) is 16.6 Å². The van der Waals surface area contributed by atoms with E-state index in [1.165, 1.54) is 24.3 Å². The molecule has 0 saturated carbocycles. The largest absolute Gasteiger partial charge is 0.462 e. The normalized spacial score (nSPS) is 18.9. The Balaban J connectivity index is 1.57. The number of fused-ring (bicyclic) bond motifs is 1. The summed E-state index contributed by atoms with van der Waals surface area (Å²) in [5, 5.41) is 3.49. The fourth-order valence-electron chi connectivity index (χ4n) is 4.31. The Kier molecular flexibility index (Phi) is 6.90. The fraction of sp³-hybridized carbons (Fsp3) is 0.346. The summed E-state index contributed by atoms with van der Waals surface area (Å²) >= 11 is 0. The number of halogens is 3. The highest BCUT2D eigenvalue weighted by Crippen LogP contribution is 2.37. The van der Waals surface area contributed by atoms with E-state index in [1.807, 2.05) is 0 Å². The minimum Gasteiger partial charge on any atom is -0.462 e. The lowest BCUT2D eigenvalue weighted by Gasteiger charge is -2.16. The minimum absolute atomic E-state index is 0.0162. The third-order valence-corrected chi connectivity index (χ3v) is 6.40. The zero-order chi connectivity index (χ0) is 26.2. The molecule has 1 amide bonds. The van der Waals surface area contributed by atoms with Crippen molar-refractivity contribution in [3.05, 3.63) is 70.0 Å². The average molecular weight is 502 g/mol. The average Bonchev–Trinajstić information content (AvgIpc) is 3.21. The lowest BCUT2D eigenvalue weighted by Crippen LogP contribution is -2.39. The summed E-state index contributed by atoms with van der Waals surface area (Å²) < 4.78 is 45.6. The summed E-state index contributed by atoms with van der Waals surface area (Å²) in [6.45, 7) is 3.59. The van der Waals surface area contributed by atoms with Gasteiger partial charge >= 0.3 is 12.1 Å². The topological polar surface area (TPSA) is 114 Å². The van der Waals surface area contributed by atoms with Crippen LogP contribution in [0.15, 0.2) is 53.3 Å². The second-order valence-corrected chi connectivity index (χ2v) is 9.30. The Morgan fingerprint density at radius 3 is 2.56 bits per heavy atom. The van der Waals surface area contributed by atoms with Crippen molar-refractivity contribution in [1.29, 1.82) is 0 Å². The molecule has 7 nitrogen and oxygen atoms in total. The first-order valence-electron chi connectivity index (χ1n) is 11.5. The van der Waals surface area contributed by atoms with Crippen molar-refractivity contribution in [2.75, 3.05) is 6.61 Å². The van der Waals surface area contributed by atoms with Gasteiger partial charge in [0.15, 0.2) is 0 Å². The first-order chi connectivity index (χ1) is 17.0. The molecule has 2 aromatic carbocycles. The van der Waals surface area contributed by atoms with Gasteiger partial charge in [-0.05, 0) is 41.5 Å². The number of aromatic nitrogens is 1. The molecule has 0 aliphatic carbocycles. The molecule has 4 N–H and O–H groups in total. The number of carbonyl (C=O) groups excluding carboxylic acids is 2. The summed E-state index contributed by atoms with van der Waals surface area (Å²) in [6, 6.07) is 10.2. The second kappa shape index (κ2) is 9.77. The fourth-order valence-corrected chi connectivity index (χ4v) is 4.31. The number of nitrogens with two attached hydrogens (primary N) is 1. The Hall–Kier alpha value is -3.66. The van der Waals surface area contributed by atoms with E-state index in [0.717, 1.165) is 6.07 Å². The van der Waals surface area contributed by atoms with Crippen LogP contribution in [0.1, 0.15) is 37.3 Å². The van der Waals surface area contributed by atoms with Crippen LogP contribution in [0.25, 0.3) is 22.0 Å². The molecule has 3 atom stereocenters. The van der Waals surface area contributed by atoms with Crippen molar-refractivity contribution in [2.24, 2.45) is 11.7 Å². The van der Waals surface area contributed by atoms with Gasteiger partial charge in [0.25, 0.3) is 5.56 Å². The zero-order valence-corrected chi connectivity index (χ0v) is 19.7. The van der Waals surface area contributed by atoms with Crippen LogP contribution in [0.2, 0.25) is 0 Å². The van der Waals surface area contributed by atoms with Crippen LogP contribution in [0.5, 0.6) is 0 Å². The predicted octanol–water partition coefficient (Wildman–Crippen LogP) is 3.71. The van der Waals surface area contributed by atoms with E-state index in [2.05, 4.69) is 10.3 Å². The summed E-state index contributed by atoms with van der Waals surface area (Å²) in [5.74, 6) is -1.46. The molecule has 10 heteroatoms. The van der Waals surface area contributed by atoms with Crippen molar-refractivity contribution in [3.8, 4) is 11.3 Å². The predicted molar refractivity (Wildman–Crippen MR) is 128 cm³/mol. The Morgan fingerprint density at radius 2 is 1.86 bits per heavy atom. The molecule has 0 unspecified atom stereocenters. The standard InChI is InChI=1S/C26H26F3N3O4/c1-13(2)22(30)25(35)36-12-16-11-19(23(33)31-16)14-7-8-15-10-21(32-24(34)18(15)9-14)17-5-3-4-6-20(17)26(27,28)29/h3-10,13,16,19,22H,11-12,30H2,1-2H3,(H,31,33)(H,32,34)/t16-,19-,22+/m1/s1. The number of nitrogens with one attached hydrogen (secondary N) is 2. The van der Waals surface area contributed by atoms with E-state index in [9.17, 15) is 27.6 Å². The molecule has 1 aliphatic heterocycles. The van der Waals surface area contributed by atoms with Crippen LogP contribution in [-0.4, -0.2) is 35.6 Å². The van der Waals surface area contributed by atoms with Crippen LogP contribution in [-0.2, 0) is 20.5 Å². The molecule has 1 fully saturated rings. The van der Waals surface area contributed by atoms with E-state index in [-0.39, 0.29) is 35.1 Å². The van der Waals surface area contributed by atoms with Crippen LogP contribution in [0.4, 0.5) is 13.2 Å². The van der Waals surface area contributed by atoms with E-state index in [1.54, 1.807) is 32.0 Å². The molecule has 36 heavy (non-hydrogen) atoms. The van der Waals surface area contributed by atoms with Gasteiger partial charge in [0.05, 0.1) is 17.5 Å². The number of hydrogen-bond acceptors (Lipinski definition) is 5. The maximum absolute atomic E-state index is 13.5. The maximum atomic E-state index is 13.5. The van der Waals surface area contributed by atoms with Crippen LogP contribution >= 0.6 is 0 Å². The molecule has 2 heterocycles. The maximum Gasteiger partial charge on any atom is 0.417 e. The summed E-state index contributed by atoms with van der Waals surface area (Å²) in [6.07, 6.45) is -4.23. The Labute approximate surface area is 204 Å². The molecule has 0 spiro atoms. The van der Waals surface area contributed by atoms with Crippen molar-refractivity contribution >= 4 is 22.6 Å². The van der Waals surface area contributed by atoms with Gasteiger partial charge in [0.1, 0.15) is 12.6 Å². The number of pyridine rings is 1. The number of alkyl halides is 3. The van der Waals surface area contributed by atoms with Gasteiger partial charge < -0.3 is 20.8 Å². The quantitative estimate of drug-likeness (QED) is 0.446. The number of amides is 1. The number of hydrogen-bond donors (Lipinski definition) is 3. The van der Waals surface area contributed by atoms with Crippen LogP contribution in [0, 0.1) is 5.92 Å². The van der Waals surface area contributed by atoms with E-state index in [0.29, 0.717) is 17.4 Å². The van der Waals surface area contributed by atoms with Gasteiger partial charge in [-0.2, -0.15) is 13.2 Å². The molecular weight excluding hydrogens is 475 g/mol. The minimum atomic E-state index is -4.58. The van der Waals surface area contributed by atoms with Gasteiger partial charge in [-0.1, -0.05) is 44.2 Å². The van der Waals surface area contributed by atoms with Gasteiger partial charge in [-0.3, -0.25) is 14.4 Å². The third-order valence-electron chi connectivity index (χ3n) is 6.40. The monoisotopic (exact) mass is 501 g/mol. The van der Waals surface area contributed by atoms with Crippen molar-refractivity contribution in [3.63, 3.8) is 0 Å². The Morgan fingerprint density at radius 1 is 1.14 bits per heavy atom. The summed E-state index contributed by atoms with van der Waals surface area (Å²) in [5.41, 5.74) is 4.88. The number of H-pyrrole nitrogens is 1. The first-order valence-corrected chi connectivity index (χ1v) is 11.5. The summed E-state index contributed by atoms with van der Waals surface area (Å²) in [7, 11) is 0. The highest BCUT2D eigenvalue weighted by Gasteiger charge is 2.35. The van der Waals surface area contributed by atoms with E-state index >= 15 is 0 Å². The van der Waals surface area contributed by atoms with Crippen LogP contribution < -0.4 is 16.6 Å². The summed E-state index contributed by atoms with van der Waals surface area (Å²) in [4.78, 5) is 40.0. The van der Waals surface area contributed by atoms with Crippen molar-refractivity contribution in [1.82, 2.24) is 10.3 Å². The number of esters is 1. The number of carbonyl (C=O) groups is 2. The van der Waals surface area contributed by atoms with Crippen molar-refractivity contribution < 1.29 is 27.5 Å². The lowest BCUT2D eigenvalue weighted by atomic mass is 9.93. The van der Waals surface area contributed by atoms with Gasteiger partial charge in [-0.15, -0.1) is 0 Å². The lowest BCUT2D eigenvalue weighted by molar-refractivity contribution is -0.147. The molecule has 4 rings (SSSR count). The second-order valence-electron chi connectivity index (χ2n) is 9.30. The molecule has 1 aromatic heterocycles. The number of rotatable bonds is 6. The van der Waals surface area contributed by atoms with Crippen LogP contribution in [0.3, 0.4) is 0 Å². The molecule has 190 valence electrons. The number of ether oxygens (including phenoxy) is 1. The molecule has 3 aromatic rings. The Bertz CT molecular complexity index is 1370. The molecule has 1 aliphatic rings. The molecular formula is C26H26F3N3O4. The third kappa shape index (κ3) is 5.13. The SMILES string of the molecule is CC(C)[C@H](N)C(=O)OC[C@H]1C[C@H](c2ccc3cc(-c4ccccc4C(F)(F)F)[nH]c(=O)c3c2)C(=O)N1. The highest BCUT2D eigenvalue weighted by atomic mass is 19.4. The number of benzene rings is 2. The van der Waals surface area contributed by atoms with Crippen molar-refractivity contribution in [2.45, 2.75) is 44.4 Å². The van der Waals surface area contributed by atoms with Gasteiger partial charge in [0.2, 0.25) is 5.91 Å². The van der Waals surface area contributed by atoms with E-state index < -0.39 is 41.3 Å². The molecule has 0 bridgehead atoms. The zero-order valence-electron chi connectivity index (χ0n) is 19.7. The molecule has 1 saturated heterocycles. The van der Waals surface area contributed by atoms with Gasteiger partial charge in [-0.25, -0.2) is 0 Å². The van der Waals surface area contributed by atoms with E-state index in [4.69, 9.17) is 10.5 Å². The molecule has 0 radical (unpaired) electrons. The highest BCUT2D eigenvalue weighted by molar-refractivity contribution is 5.90. The smallest absolute Gasteiger partial charge is 0.417 e.